The van der Waals surface area contributed by atoms with Gasteiger partial charge >= 0.3 is 0 Å². The van der Waals surface area contributed by atoms with E-state index in [1.54, 1.807) is 11.8 Å². The topological polar surface area (TPSA) is 71.2 Å². The highest BCUT2D eigenvalue weighted by Gasteiger charge is 2.17. The number of carbonyl (C=O) groups excluding carboxylic acids is 1. The molecular formula is C19H20N4OS2. The SMILES string of the molecule is CN(C)c1ccc(NC(=O)c2sc(SCc3ccccc3)nc2N)cc1. The van der Waals surface area contributed by atoms with Gasteiger partial charge < -0.3 is 16.0 Å². The summed E-state index contributed by atoms with van der Waals surface area (Å²) in [4.78, 5) is 19.3. The number of hydrogen-bond donors (Lipinski definition) is 2. The lowest BCUT2D eigenvalue weighted by Crippen LogP contribution is -2.12. The highest BCUT2D eigenvalue weighted by atomic mass is 32.2. The predicted molar refractivity (Wildman–Crippen MR) is 111 cm³/mol. The molecule has 3 N–H and O–H groups in total. The van der Waals surface area contributed by atoms with Crippen LogP contribution in [-0.4, -0.2) is 25.0 Å². The molecule has 2 aromatic carbocycles. The first-order chi connectivity index (χ1) is 12.5. The smallest absolute Gasteiger partial charge is 0.269 e. The minimum atomic E-state index is -0.232. The Morgan fingerprint density at radius 1 is 1.15 bits per heavy atom. The third-order valence-corrected chi connectivity index (χ3v) is 5.97. The van der Waals surface area contributed by atoms with Crippen LogP contribution in [0, 0.1) is 0 Å². The Balaban J connectivity index is 1.65. The first-order valence-corrected chi connectivity index (χ1v) is 9.85. The van der Waals surface area contributed by atoms with Gasteiger partial charge in [-0.25, -0.2) is 4.98 Å². The van der Waals surface area contributed by atoms with Crippen LogP contribution in [0.15, 0.2) is 58.9 Å². The van der Waals surface area contributed by atoms with E-state index >= 15 is 0 Å². The third-order valence-electron chi connectivity index (χ3n) is 3.69. The van der Waals surface area contributed by atoms with E-state index in [0.717, 1.165) is 21.5 Å². The van der Waals surface area contributed by atoms with E-state index in [-0.39, 0.29) is 11.7 Å². The summed E-state index contributed by atoms with van der Waals surface area (Å²) >= 11 is 2.90. The Labute approximate surface area is 161 Å². The molecule has 0 spiro atoms. The summed E-state index contributed by atoms with van der Waals surface area (Å²) in [5.74, 6) is 0.832. The van der Waals surface area contributed by atoms with Crippen molar-refractivity contribution < 1.29 is 4.79 Å². The lowest BCUT2D eigenvalue weighted by molar-refractivity contribution is 0.103. The second-order valence-corrected chi connectivity index (χ2v) is 8.09. The Morgan fingerprint density at radius 2 is 1.85 bits per heavy atom. The molecule has 3 rings (SSSR count). The summed E-state index contributed by atoms with van der Waals surface area (Å²) in [7, 11) is 3.94. The summed E-state index contributed by atoms with van der Waals surface area (Å²) in [6, 6.07) is 17.8. The van der Waals surface area contributed by atoms with Crippen LogP contribution in [0.4, 0.5) is 17.2 Å². The molecule has 0 saturated carbocycles. The predicted octanol–water partition coefficient (Wildman–Crippen LogP) is 4.34. The maximum atomic E-state index is 12.5. The second kappa shape index (κ2) is 8.25. The number of anilines is 3. The maximum absolute atomic E-state index is 12.5. The number of benzene rings is 2. The molecule has 0 aliphatic heterocycles. The largest absolute Gasteiger partial charge is 0.382 e. The molecule has 134 valence electrons. The van der Waals surface area contributed by atoms with Crippen LogP contribution in [0.5, 0.6) is 0 Å². The van der Waals surface area contributed by atoms with Gasteiger partial charge in [-0.15, -0.1) is 11.3 Å². The molecule has 0 bridgehead atoms. The normalized spacial score (nSPS) is 10.5. The summed E-state index contributed by atoms with van der Waals surface area (Å²) in [6.07, 6.45) is 0. The average molecular weight is 385 g/mol. The molecule has 26 heavy (non-hydrogen) atoms. The van der Waals surface area contributed by atoms with Crippen molar-refractivity contribution in [2.24, 2.45) is 0 Å². The van der Waals surface area contributed by atoms with Gasteiger partial charge in [-0.05, 0) is 29.8 Å². The van der Waals surface area contributed by atoms with Gasteiger partial charge in [0.2, 0.25) is 0 Å². The molecule has 3 aromatic rings. The Bertz CT molecular complexity index is 876. The van der Waals surface area contributed by atoms with Gasteiger partial charge in [0, 0.05) is 31.2 Å². The number of carbonyl (C=O) groups is 1. The van der Waals surface area contributed by atoms with Crippen molar-refractivity contribution in [3.05, 3.63) is 65.0 Å². The quantitative estimate of drug-likeness (QED) is 0.619. The number of amides is 1. The summed E-state index contributed by atoms with van der Waals surface area (Å²) in [5, 5.41) is 2.88. The number of hydrogen-bond acceptors (Lipinski definition) is 6. The molecule has 0 aliphatic rings. The van der Waals surface area contributed by atoms with Gasteiger partial charge in [-0.3, -0.25) is 4.79 Å². The molecule has 7 heteroatoms. The molecule has 5 nitrogen and oxygen atoms in total. The van der Waals surface area contributed by atoms with Crippen LogP contribution in [0.1, 0.15) is 15.2 Å². The van der Waals surface area contributed by atoms with E-state index in [1.165, 1.54) is 16.9 Å². The first-order valence-electron chi connectivity index (χ1n) is 8.04. The van der Waals surface area contributed by atoms with E-state index in [1.807, 2.05) is 61.5 Å². The highest BCUT2D eigenvalue weighted by molar-refractivity contribution is 8.00. The van der Waals surface area contributed by atoms with Crippen molar-refractivity contribution in [1.29, 1.82) is 0 Å². The van der Waals surface area contributed by atoms with Gasteiger partial charge in [0.15, 0.2) is 4.34 Å². The number of nitrogens with two attached hydrogens (primary N) is 1. The van der Waals surface area contributed by atoms with Crippen LogP contribution >= 0.6 is 23.1 Å². The van der Waals surface area contributed by atoms with Crippen molar-refractivity contribution in [3.63, 3.8) is 0 Å². The number of thioether (sulfide) groups is 1. The highest BCUT2D eigenvalue weighted by Crippen LogP contribution is 2.31. The zero-order valence-corrected chi connectivity index (χ0v) is 16.2. The molecule has 0 saturated heterocycles. The average Bonchev–Trinajstić information content (AvgIpc) is 3.02. The van der Waals surface area contributed by atoms with Gasteiger partial charge in [0.1, 0.15) is 10.7 Å². The van der Waals surface area contributed by atoms with Gasteiger partial charge in [-0.2, -0.15) is 0 Å². The van der Waals surface area contributed by atoms with E-state index in [9.17, 15) is 4.79 Å². The van der Waals surface area contributed by atoms with Gasteiger partial charge in [0.05, 0.1) is 0 Å². The van der Waals surface area contributed by atoms with Gasteiger partial charge in [-0.1, -0.05) is 42.1 Å². The second-order valence-electron chi connectivity index (χ2n) is 5.86. The zero-order chi connectivity index (χ0) is 18.5. The third kappa shape index (κ3) is 4.56. The van der Waals surface area contributed by atoms with E-state index in [0.29, 0.717) is 4.88 Å². The van der Waals surface area contributed by atoms with Crippen molar-refractivity contribution >= 4 is 46.2 Å². The van der Waals surface area contributed by atoms with Crippen LogP contribution in [0.25, 0.3) is 0 Å². The van der Waals surface area contributed by atoms with E-state index < -0.39 is 0 Å². The number of nitrogens with zero attached hydrogens (tertiary/aromatic N) is 2. The molecule has 1 heterocycles. The molecule has 0 radical (unpaired) electrons. The zero-order valence-electron chi connectivity index (χ0n) is 14.6. The van der Waals surface area contributed by atoms with Crippen LogP contribution in [0.3, 0.4) is 0 Å². The number of nitrogen functional groups attached to an aromatic ring is 1. The molecule has 0 fully saturated rings. The molecule has 0 aliphatic carbocycles. The number of aromatic nitrogens is 1. The van der Waals surface area contributed by atoms with Crippen molar-refractivity contribution in [2.75, 3.05) is 30.0 Å². The summed E-state index contributed by atoms with van der Waals surface area (Å²) < 4.78 is 0.791. The van der Waals surface area contributed by atoms with Gasteiger partial charge in [0.25, 0.3) is 5.91 Å². The van der Waals surface area contributed by atoms with Crippen molar-refractivity contribution in [3.8, 4) is 0 Å². The standard InChI is InChI=1S/C19H20N4OS2/c1-23(2)15-10-8-14(9-11-15)21-18(24)16-17(20)22-19(26-16)25-12-13-6-4-3-5-7-13/h3-11H,12,20H2,1-2H3,(H,21,24). The first kappa shape index (κ1) is 18.3. The number of thiazole rings is 1. The fourth-order valence-electron chi connectivity index (χ4n) is 2.29. The molecular weight excluding hydrogens is 364 g/mol. The summed E-state index contributed by atoms with van der Waals surface area (Å²) in [6.45, 7) is 0. The monoisotopic (exact) mass is 384 g/mol. The van der Waals surface area contributed by atoms with E-state index in [2.05, 4.69) is 22.4 Å². The fraction of sp³-hybridized carbons (Fsp3) is 0.158. The lowest BCUT2D eigenvalue weighted by Gasteiger charge is -2.12. The Hall–Kier alpha value is -2.51. The minimum Gasteiger partial charge on any atom is -0.382 e. The minimum absolute atomic E-state index is 0.232. The lowest BCUT2D eigenvalue weighted by atomic mass is 10.2. The van der Waals surface area contributed by atoms with Crippen LogP contribution in [0.2, 0.25) is 0 Å². The van der Waals surface area contributed by atoms with Crippen LogP contribution in [-0.2, 0) is 5.75 Å². The number of rotatable bonds is 6. The van der Waals surface area contributed by atoms with Crippen molar-refractivity contribution in [1.82, 2.24) is 4.98 Å². The van der Waals surface area contributed by atoms with Crippen molar-refractivity contribution in [2.45, 2.75) is 10.1 Å². The number of nitrogens with one attached hydrogen (secondary N) is 1. The molecule has 1 aromatic heterocycles. The summed E-state index contributed by atoms with van der Waals surface area (Å²) in [5.41, 5.74) is 8.95. The molecule has 0 atom stereocenters. The van der Waals surface area contributed by atoms with E-state index in [4.69, 9.17) is 5.73 Å². The fourth-order valence-corrected chi connectivity index (χ4v) is 4.21. The van der Waals surface area contributed by atoms with Crippen LogP contribution < -0.4 is 16.0 Å². The maximum Gasteiger partial charge on any atom is 0.269 e. The molecule has 0 unspecified atom stereocenters. The Morgan fingerprint density at radius 3 is 2.50 bits per heavy atom. The Kier molecular flexibility index (Phi) is 5.80. The molecule has 1 amide bonds.